The number of fused-ring (bicyclic) bond motifs is 1. The summed E-state index contributed by atoms with van der Waals surface area (Å²) >= 11 is 1.96. The van der Waals surface area contributed by atoms with E-state index in [1.807, 2.05) is 22.6 Å². The molecule has 1 fully saturated rings. The Morgan fingerprint density at radius 2 is 2.10 bits per heavy atom. The molecule has 7 nitrogen and oxygen atoms in total. The minimum Gasteiger partial charge on any atom is -0.396 e. The Bertz CT molecular complexity index is 1070. The number of nitrogens with zero attached hydrogens (tertiary/aromatic N) is 2. The fourth-order valence-corrected chi connectivity index (χ4v) is 5.84. The second-order valence-electron chi connectivity index (χ2n) is 7.68. The van der Waals surface area contributed by atoms with Crippen molar-refractivity contribution in [1.82, 2.24) is 9.62 Å². The lowest BCUT2D eigenvalue weighted by Crippen LogP contribution is -2.42. The van der Waals surface area contributed by atoms with Gasteiger partial charge in [0.05, 0.1) is 34.2 Å². The van der Waals surface area contributed by atoms with Gasteiger partial charge >= 0.3 is 0 Å². The van der Waals surface area contributed by atoms with Crippen LogP contribution in [0.15, 0.2) is 46.5 Å². The molecule has 1 saturated carbocycles. The maximum absolute atomic E-state index is 15.4. The number of sulfonamides is 1. The van der Waals surface area contributed by atoms with Crippen LogP contribution in [-0.4, -0.2) is 55.2 Å². The Morgan fingerprint density at radius 1 is 1.37 bits per heavy atom. The lowest BCUT2D eigenvalue weighted by atomic mass is 9.98. The predicted molar refractivity (Wildman–Crippen MR) is 119 cm³/mol. The molecule has 0 aromatic heterocycles. The highest BCUT2D eigenvalue weighted by Crippen LogP contribution is 2.46. The molecule has 3 aliphatic rings. The van der Waals surface area contributed by atoms with Crippen molar-refractivity contribution in [2.75, 3.05) is 19.0 Å². The maximum atomic E-state index is 15.4. The van der Waals surface area contributed by atoms with E-state index in [2.05, 4.69) is 15.0 Å². The average molecular weight is 550 g/mol. The number of hydrogen-bond donors (Lipinski definition) is 3. The predicted octanol–water partition coefficient (Wildman–Crippen LogP) is 2.47. The van der Waals surface area contributed by atoms with Crippen molar-refractivity contribution in [2.45, 2.75) is 36.1 Å². The van der Waals surface area contributed by atoms with Crippen molar-refractivity contribution >= 4 is 44.6 Å². The van der Waals surface area contributed by atoms with E-state index in [1.54, 1.807) is 24.1 Å². The van der Waals surface area contributed by atoms with Crippen LogP contribution in [0, 0.1) is 9.39 Å². The van der Waals surface area contributed by atoms with Crippen LogP contribution in [0.25, 0.3) is 0 Å². The quantitative estimate of drug-likeness (QED) is 0.454. The van der Waals surface area contributed by atoms with E-state index in [4.69, 9.17) is 0 Å². The van der Waals surface area contributed by atoms with Crippen molar-refractivity contribution in [3.63, 3.8) is 0 Å². The van der Waals surface area contributed by atoms with E-state index in [-0.39, 0.29) is 30.1 Å². The molecule has 0 amide bonds. The van der Waals surface area contributed by atoms with Gasteiger partial charge in [0.25, 0.3) is 0 Å². The number of aliphatic hydroxyl groups is 1. The van der Waals surface area contributed by atoms with Crippen molar-refractivity contribution in [3.8, 4) is 0 Å². The zero-order chi connectivity index (χ0) is 21.7. The number of halogens is 3. The fourth-order valence-electron chi connectivity index (χ4n) is 3.71. The van der Waals surface area contributed by atoms with Crippen molar-refractivity contribution in [1.29, 1.82) is 0 Å². The lowest BCUT2D eigenvalue weighted by Gasteiger charge is -2.30. The second-order valence-corrected chi connectivity index (χ2v) is 11.0. The smallest absolute Gasteiger partial charge is 0.238 e. The summed E-state index contributed by atoms with van der Waals surface area (Å²) in [4.78, 5) is 5.83. The van der Waals surface area contributed by atoms with Gasteiger partial charge in [-0.1, -0.05) is 0 Å². The summed E-state index contributed by atoms with van der Waals surface area (Å²) in [5, 5.41) is 12.0. The van der Waals surface area contributed by atoms with Gasteiger partial charge in [-0.05, 0) is 66.1 Å². The average Bonchev–Trinajstić information content (AvgIpc) is 3.38. The maximum Gasteiger partial charge on any atom is 0.238 e. The molecular weight excluding hydrogens is 529 g/mol. The van der Waals surface area contributed by atoms with E-state index in [0.717, 1.165) is 0 Å². The highest BCUT2D eigenvalue weighted by molar-refractivity contribution is 14.1. The first-order valence-electron chi connectivity index (χ1n) is 9.40. The molecule has 162 valence electrons. The SMILES string of the molecule is CN1C=NC2C(F)=C(Nc3ccc(I)cc3F)C(NS(=O)(=O)C3(CCO)CC3)=CC21. The number of nitrogens with one attached hydrogen (secondary N) is 2. The van der Waals surface area contributed by atoms with Gasteiger partial charge in [-0.15, -0.1) is 0 Å². The van der Waals surface area contributed by atoms with Gasteiger partial charge in [0.15, 0.2) is 5.83 Å². The zero-order valence-corrected chi connectivity index (χ0v) is 19.0. The van der Waals surface area contributed by atoms with E-state index in [1.165, 1.54) is 18.5 Å². The molecule has 1 aromatic rings. The highest BCUT2D eigenvalue weighted by Gasteiger charge is 2.54. The van der Waals surface area contributed by atoms with Crippen LogP contribution in [-0.2, 0) is 10.0 Å². The summed E-state index contributed by atoms with van der Waals surface area (Å²) in [6, 6.07) is 3.08. The van der Waals surface area contributed by atoms with Gasteiger partial charge in [-0.3, -0.25) is 9.71 Å². The minimum absolute atomic E-state index is 0.00765. The first kappa shape index (κ1) is 21.5. The van der Waals surface area contributed by atoms with Crippen LogP contribution in [0.4, 0.5) is 14.5 Å². The van der Waals surface area contributed by atoms with Crippen LogP contribution in [0.5, 0.6) is 0 Å². The Morgan fingerprint density at radius 3 is 2.73 bits per heavy atom. The van der Waals surface area contributed by atoms with Crippen molar-refractivity contribution in [2.24, 2.45) is 4.99 Å². The molecule has 0 bridgehead atoms. The topological polar surface area (TPSA) is 94.0 Å². The lowest BCUT2D eigenvalue weighted by molar-refractivity contribution is 0.282. The van der Waals surface area contributed by atoms with Crippen LogP contribution < -0.4 is 10.0 Å². The van der Waals surface area contributed by atoms with Crippen molar-refractivity contribution in [3.05, 3.63) is 50.9 Å². The summed E-state index contributed by atoms with van der Waals surface area (Å²) in [5.41, 5.74) is -0.128. The largest absolute Gasteiger partial charge is 0.396 e. The molecule has 0 radical (unpaired) electrons. The highest BCUT2D eigenvalue weighted by atomic mass is 127. The van der Waals surface area contributed by atoms with Gasteiger partial charge in [0, 0.05) is 17.2 Å². The van der Waals surface area contributed by atoms with E-state index in [9.17, 15) is 17.9 Å². The third-order valence-electron chi connectivity index (χ3n) is 5.69. The number of aliphatic hydroxyl groups excluding tert-OH is 1. The number of rotatable bonds is 7. The third-order valence-corrected chi connectivity index (χ3v) is 8.60. The van der Waals surface area contributed by atoms with Gasteiger partial charge in [-0.2, -0.15) is 0 Å². The Balaban J connectivity index is 1.71. The van der Waals surface area contributed by atoms with Gasteiger partial charge in [-0.25, -0.2) is 17.2 Å². The molecule has 4 rings (SSSR count). The standard InChI is InChI=1S/C19H21F2IN4O3S/c1-26-10-23-18-15(26)9-14(25-30(28,29)19(4-5-19)6-7-27)17(16(18)21)24-13-3-2-11(22)8-12(13)20/h2-3,8-10,15,18,24-25,27H,4-7H2,1H3. The summed E-state index contributed by atoms with van der Waals surface area (Å²) in [5.74, 6) is -1.26. The molecule has 11 heteroatoms. The van der Waals surface area contributed by atoms with Gasteiger partial charge in [0.2, 0.25) is 10.0 Å². The number of aliphatic imine (C=N–C) groups is 1. The molecule has 1 aliphatic heterocycles. The normalized spacial score (nSPS) is 24.6. The molecule has 3 N–H and O–H groups in total. The number of benzene rings is 1. The van der Waals surface area contributed by atoms with Crippen LogP contribution >= 0.6 is 22.6 Å². The Labute approximate surface area is 187 Å². The monoisotopic (exact) mass is 550 g/mol. The van der Waals surface area contributed by atoms with Crippen molar-refractivity contribution < 1.29 is 22.3 Å². The van der Waals surface area contributed by atoms with Crippen LogP contribution in [0.3, 0.4) is 0 Å². The zero-order valence-electron chi connectivity index (χ0n) is 16.1. The van der Waals surface area contributed by atoms with Crippen LogP contribution in [0.2, 0.25) is 0 Å². The van der Waals surface area contributed by atoms with Gasteiger partial charge < -0.3 is 15.3 Å². The first-order valence-corrected chi connectivity index (χ1v) is 12.0. The third kappa shape index (κ3) is 3.71. The van der Waals surface area contributed by atoms with Crippen LogP contribution in [0.1, 0.15) is 19.3 Å². The summed E-state index contributed by atoms with van der Waals surface area (Å²) in [6.07, 6.45) is 4.02. The molecule has 0 saturated heterocycles. The molecule has 1 heterocycles. The molecular formula is C19H21F2IN4O3S. The number of hydrogen-bond acceptors (Lipinski definition) is 6. The molecule has 2 unspecified atom stereocenters. The van der Waals surface area contributed by atoms with E-state index >= 15 is 4.39 Å². The molecule has 2 aliphatic carbocycles. The first-order chi connectivity index (χ1) is 14.2. The van der Waals surface area contributed by atoms with E-state index in [0.29, 0.717) is 16.4 Å². The number of anilines is 1. The number of likely N-dealkylation sites (N-methyl/N-ethyl adjacent to an activating group) is 1. The second kappa shape index (κ2) is 7.75. The van der Waals surface area contributed by atoms with E-state index < -0.39 is 38.5 Å². The molecule has 2 atom stereocenters. The Hall–Kier alpha value is -1.73. The summed E-state index contributed by atoms with van der Waals surface area (Å²) in [7, 11) is -2.18. The summed E-state index contributed by atoms with van der Waals surface area (Å²) in [6.45, 7) is -0.260. The fraction of sp³-hybridized carbons (Fsp3) is 0.421. The molecule has 30 heavy (non-hydrogen) atoms. The summed E-state index contributed by atoms with van der Waals surface area (Å²) < 4.78 is 57.9. The Kier molecular flexibility index (Phi) is 5.56. The molecule has 0 spiro atoms. The molecule has 1 aromatic carbocycles. The minimum atomic E-state index is -3.90. The van der Waals surface area contributed by atoms with Gasteiger partial charge in [0.1, 0.15) is 11.9 Å².